The molecule has 0 aliphatic carbocycles. The summed E-state index contributed by atoms with van der Waals surface area (Å²) < 4.78 is 38.9. The molecule has 0 bridgehead atoms. The first-order valence-corrected chi connectivity index (χ1v) is 8.38. The van der Waals surface area contributed by atoms with Gasteiger partial charge in [0, 0.05) is 12.5 Å². The zero-order valence-corrected chi connectivity index (χ0v) is 14.9. The van der Waals surface area contributed by atoms with Crippen LogP contribution in [0.1, 0.15) is 17.0 Å². The van der Waals surface area contributed by atoms with Gasteiger partial charge in [-0.05, 0) is 30.7 Å². The molecular formula is C20H17F2NO5. The zero-order valence-electron chi connectivity index (χ0n) is 14.9. The second-order valence-electron chi connectivity index (χ2n) is 6.10. The summed E-state index contributed by atoms with van der Waals surface area (Å²) in [7, 11) is 0. The van der Waals surface area contributed by atoms with E-state index in [0.717, 1.165) is 6.07 Å². The Morgan fingerprint density at radius 1 is 1.21 bits per heavy atom. The van der Waals surface area contributed by atoms with E-state index in [0.29, 0.717) is 11.5 Å². The number of benzene rings is 2. The second-order valence-corrected chi connectivity index (χ2v) is 6.10. The van der Waals surface area contributed by atoms with Gasteiger partial charge in [0.25, 0.3) is 0 Å². The highest BCUT2D eigenvalue weighted by atomic mass is 19.1. The van der Waals surface area contributed by atoms with Crippen LogP contribution in [0.4, 0.5) is 8.78 Å². The molecule has 3 rings (SSSR count). The van der Waals surface area contributed by atoms with Gasteiger partial charge in [-0.25, -0.2) is 18.6 Å². The van der Waals surface area contributed by atoms with Crippen LogP contribution < -0.4 is 4.74 Å². The van der Waals surface area contributed by atoms with E-state index < -0.39 is 23.7 Å². The van der Waals surface area contributed by atoms with Crippen LogP contribution in [0.15, 0.2) is 46.9 Å². The molecule has 28 heavy (non-hydrogen) atoms. The smallest absolute Gasteiger partial charge is 0.332 e. The summed E-state index contributed by atoms with van der Waals surface area (Å²) in [6, 6.07) is 9.97. The van der Waals surface area contributed by atoms with Crippen molar-refractivity contribution in [2.24, 2.45) is 0 Å². The minimum absolute atomic E-state index is 0.0275. The lowest BCUT2D eigenvalue weighted by molar-refractivity contribution is -0.146. The molecule has 0 saturated heterocycles. The first-order chi connectivity index (χ1) is 13.3. The van der Waals surface area contributed by atoms with Crippen molar-refractivity contribution in [3.05, 3.63) is 71.1 Å². The van der Waals surface area contributed by atoms with E-state index in [1.165, 1.54) is 18.2 Å². The van der Waals surface area contributed by atoms with Crippen LogP contribution in [0.3, 0.4) is 0 Å². The molecule has 1 atom stereocenters. The van der Waals surface area contributed by atoms with Crippen LogP contribution in [-0.2, 0) is 17.8 Å². The molecule has 0 aliphatic rings. The van der Waals surface area contributed by atoms with E-state index >= 15 is 0 Å². The van der Waals surface area contributed by atoms with Crippen LogP contribution in [0.5, 0.6) is 5.75 Å². The molecule has 0 aliphatic heterocycles. The summed E-state index contributed by atoms with van der Waals surface area (Å²) >= 11 is 0. The number of aryl methyl sites for hydroxylation is 1. The van der Waals surface area contributed by atoms with Crippen molar-refractivity contribution in [2.75, 3.05) is 0 Å². The number of ether oxygens (including phenoxy) is 1. The topological polar surface area (TPSA) is 92.8 Å². The fourth-order valence-corrected chi connectivity index (χ4v) is 2.54. The van der Waals surface area contributed by atoms with Crippen LogP contribution in [0.25, 0.3) is 11.5 Å². The lowest BCUT2D eigenvalue weighted by atomic mass is 10.1. The molecule has 2 N–H and O–H groups in total. The molecule has 146 valence electrons. The third-order valence-corrected chi connectivity index (χ3v) is 4.10. The highest BCUT2D eigenvalue weighted by Gasteiger charge is 2.18. The standard InChI is InChI=1S/C20H17F2NO5/c1-11-17(23-19(28-11)14-4-2-3-5-15(14)21)10-27-13-7-6-12(16(22)9-13)8-18(24)20(25)26/h2-7,9,18,24H,8,10H2,1H3,(H,25,26). The summed E-state index contributed by atoms with van der Waals surface area (Å²) in [6.45, 7) is 1.63. The second kappa shape index (κ2) is 8.18. The summed E-state index contributed by atoms with van der Waals surface area (Å²) in [5.74, 6) is -1.81. The maximum atomic E-state index is 14.1. The average molecular weight is 389 g/mol. The van der Waals surface area contributed by atoms with Gasteiger partial charge in [0.15, 0.2) is 6.10 Å². The van der Waals surface area contributed by atoms with E-state index in [1.54, 1.807) is 25.1 Å². The summed E-state index contributed by atoms with van der Waals surface area (Å²) in [6.07, 6.45) is -2.04. The van der Waals surface area contributed by atoms with Gasteiger partial charge in [0.2, 0.25) is 5.89 Å². The summed E-state index contributed by atoms with van der Waals surface area (Å²) in [5.41, 5.74) is 0.718. The molecule has 8 heteroatoms. The van der Waals surface area contributed by atoms with Crippen molar-refractivity contribution < 1.29 is 32.9 Å². The molecule has 0 radical (unpaired) electrons. The Balaban J connectivity index is 1.70. The maximum absolute atomic E-state index is 14.1. The number of aliphatic hydroxyl groups excluding tert-OH is 1. The molecule has 3 aromatic rings. The number of hydrogen-bond acceptors (Lipinski definition) is 5. The van der Waals surface area contributed by atoms with Crippen LogP contribution in [0, 0.1) is 18.6 Å². The first kappa shape index (κ1) is 19.5. The zero-order chi connectivity index (χ0) is 20.3. The van der Waals surface area contributed by atoms with Gasteiger partial charge in [-0.3, -0.25) is 0 Å². The molecule has 1 unspecified atom stereocenters. The number of oxazole rings is 1. The van der Waals surface area contributed by atoms with Crippen molar-refractivity contribution in [2.45, 2.75) is 26.1 Å². The van der Waals surface area contributed by atoms with Gasteiger partial charge in [-0.2, -0.15) is 0 Å². The highest BCUT2D eigenvalue weighted by Crippen LogP contribution is 2.25. The molecule has 1 heterocycles. The van der Waals surface area contributed by atoms with E-state index in [4.69, 9.17) is 14.3 Å². The molecule has 0 amide bonds. The van der Waals surface area contributed by atoms with Crippen molar-refractivity contribution in [3.63, 3.8) is 0 Å². The quantitative estimate of drug-likeness (QED) is 0.643. The van der Waals surface area contributed by atoms with Gasteiger partial charge in [-0.1, -0.05) is 18.2 Å². The largest absolute Gasteiger partial charge is 0.487 e. The van der Waals surface area contributed by atoms with Gasteiger partial charge >= 0.3 is 5.97 Å². The van der Waals surface area contributed by atoms with E-state index in [9.17, 15) is 18.7 Å². The molecule has 6 nitrogen and oxygen atoms in total. The van der Waals surface area contributed by atoms with Crippen LogP contribution in [-0.4, -0.2) is 27.3 Å². The van der Waals surface area contributed by atoms with E-state index in [-0.39, 0.29) is 35.8 Å². The fourth-order valence-electron chi connectivity index (χ4n) is 2.54. The molecular weight excluding hydrogens is 372 g/mol. The molecule has 0 saturated carbocycles. The lowest BCUT2D eigenvalue weighted by Crippen LogP contribution is -2.22. The third-order valence-electron chi connectivity index (χ3n) is 4.10. The van der Waals surface area contributed by atoms with Gasteiger partial charge in [-0.15, -0.1) is 0 Å². The van der Waals surface area contributed by atoms with E-state index in [1.807, 2.05) is 0 Å². The lowest BCUT2D eigenvalue weighted by Gasteiger charge is -2.09. The normalized spacial score (nSPS) is 12.0. The molecule has 0 fully saturated rings. The Morgan fingerprint density at radius 3 is 2.64 bits per heavy atom. The van der Waals surface area contributed by atoms with Gasteiger partial charge < -0.3 is 19.4 Å². The highest BCUT2D eigenvalue weighted by molar-refractivity contribution is 5.72. The molecule has 0 spiro atoms. The Bertz CT molecular complexity index is 1000. The molecule has 1 aromatic heterocycles. The number of nitrogens with zero attached hydrogens (tertiary/aromatic N) is 1. The average Bonchev–Trinajstić information content (AvgIpc) is 3.02. The van der Waals surface area contributed by atoms with Crippen molar-refractivity contribution in [1.29, 1.82) is 0 Å². The fraction of sp³-hybridized carbons (Fsp3) is 0.200. The van der Waals surface area contributed by atoms with Crippen LogP contribution >= 0.6 is 0 Å². The number of halogens is 2. The SMILES string of the molecule is Cc1oc(-c2ccccc2F)nc1COc1ccc(CC(O)C(=O)O)c(F)c1. The summed E-state index contributed by atoms with van der Waals surface area (Å²) in [5, 5.41) is 18.0. The minimum Gasteiger partial charge on any atom is -0.487 e. The predicted molar refractivity (Wildman–Crippen MR) is 94.7 cm³/mol. The van der Waals surface area contributed by atoms with Gasteiger partial charge in [0.1, 0.15) is 35.4 Å². The monoisotopic (exact) mass is 389 g/mol. The first-order valence-electron chi connectivity index (χ1n) is 8.38. The number of aliphatic carboxylic acids is 1. The minimum atomic E-state index is -1.68. The third kappa shape index (κ3) is 4.34. The number of carboxylic acid groups (broad SMARTS) is 1. The predicted octanol–water partition coefficient (Wildman–Crippen LogP) is 3.50. The van der Waals surface area contributed by atoms with Crippen molar-refractivity contribution in [3.8, 4) is 17.2 Å². The Labute approximate surface area is 159 Å². The maximum Gasteiger partial charge on any atom is 0.332 e. The van der Waals surface area contributed by atoms with Crippen LogP contribution in [0.2, 0.25) is 0 Å². The Kier molecular flexibility index (Phi) is 5.70. The van der Waals surface area contributed by atoms with Crippen molar-refractivity contribution in [1.82, 2.24) is 4.98 Å². The number of carbonyl (C=O) groups is 1. The number of aromatic nitrogens is 1. The number of rotatable bonds is 7. The number of carboxylic acids is 1. The summed E-state index contributed by atoms with van der Waals surface area (Å²) in [4.78, 5) is 14.9. The molecule has 2 aromatic carbocycles. The number of aliphatic hydroxyl groups is 1. The Hall–Kier alpha value is -3.26. The number of hydrogen-bond donors (Lipinski definition) is 2. The van der Waals surface area contributed by atoms with Gasteiger partial charge in [0.05, 0.1) is 5.56 Å². The Morgan fingerprint density at radius 2 is 1.96 bits per heavy atom. The van der Waals surface area contributed by atoms with E-state index in [2.05, 4.69) is 4.98 Å². The van der Waals surface area contributed by atoms with Crippen molar-refractivity contribution >= 4 is 5.97 Å².